The number of carboxylic acids is 1. The molecule has 0 aliphatic rings. The summed E-state index contributed by atoms with van der Waals surface area (Å²) in [5.41, 5.74) is 0.692. The maximum absolute atomic E-state index is 10.5. The Labute approximate surface area is 92.0 Å². The van der Waals surface area contributed by atoms with E-state index in [9.17, 15) is 14.9 Å². The Kier molecular flexibility index (Phi) is 3.96. The van der Waals surface area contributed by atoms with Crippen molar-refractivity contribution in [3.63, 3.8) is 0 Å². The number of nitro groups is 1. The van der Waals surface area contributed by atoms with Gasteiger partial charge in [-0.1, -0.05) is 12.1 Å². The third-order valence-corrected chi connectivity index (χ3v) is 2.14. The van der Waals surface area contributed by atoms with Crippen molar-refractivity contribution in [3.8, 4) is 0 Å². The van der Waals surface area contributed by atoms with Crippen LogP contribution >= 0.6 is 0 Å². The van der Waals surface area contributed by atoms with Crippen LogP contribution in [0.25, 0.3) is 0 Å². The lowest BCUT2D eigenvalue weighted by Gasteiger charge is -2.11. The molecule has 0 aromatic heterocycles. The van der Waals surface area contributed by atoms with Crippen molar-refractivity contribution in [1.29, 1.82) is 0 Å². The fourth-order valence-corrected chi connectivity index (χ4v) is 1.27. The van der Waals surface area contributed by atoms with Crippen LogP contribution in [-0.2, 0) is 4.79 Å². The summed E-state index contributed by atoms with van der Waals surface area (Å²) in [5, 5.41) is 21.8. The average molecular weight is 224 g/mol. The molecule has 0 bridgehead atoms. The molecule has 1 atom stereocenters. The van der Waals surface area contributed by atoms with Crippen LogP contribution in [0.4, 0.5) is 5.69 Å². The molecule has 0 saturated carbocycles. The van der Waals surface area contributed by atoms with Crippen LogP contribution in [0, 0.1) is 10.1 Å². The fraction of sp³-hybridized carbons (Fsp3) is 0.300. The highest BCUT2D eigenvalue weighted by Gasteiger charge is 2.11. The smallest absolute Gasteiger partial charge is 0.317 e. The summed E-state index contributed by atoms with van der Waals surface area (Å²) in [5.74, 6) is -0.961. The molecule has 0 aliphatic heterocycles. The van der Waals surface area contributed by atoms with Crippen LogP contribution in [0.2, 0.25) is 0 Å². The number of hydrogen-bond acceptors (Lipinski definition) is 4. The van der Waals surface area contributed by atoms with Gasteiger partial charge in [0.1, 0.15) is 0 Å². The van der Waals surface area contributed by atoms with Gasteiger partial charge in [-0.2, -0.15) is 0 Å². The maximum Gasteiger partial charge on any atom is 0.317 e. The molecular formula is C10H12N2O4. The monoisotopic (exact) mass is 224 g/mol. The second-order valence-electron chi connectivity index (χ2n) is 3.35. The molecule has 6 nitrogen and oxygen atoms in total. The molecule has 86 valence electrons. The molecule has 0 radical (unpaired) electrons. The van der Waals surface area contributed by atoms with Crippen molar-refractivity contribution >= 4 is 11.7 Å². The second kappa shape index (κ2) is 5.22. The molecule has 0 amide bonds. The molecule has 2 N–H and O–H groups in total. The zero-order valence-corrected chi connectivity index (χ0v) is 8.71. The van der Waals surface area contributed by atoms with E-state index in [0.717, 1.165) is 0 Å². The van der Waals surface area contributed by atoms with E-state index in [1.807, 2.05) is 0 Å². The first-order chi connectivity index (χ1) is 7.50. The van der Waals surface area contributed by atoms with Crippen molar-refractivity contribution in [2.24, 2.45) is 0 Å². The molecule has 1 aromatic rings. The predicted molar refractivity (Wildman–Crippen MR) is 57.1 cm³/mol. The number of rotatable bonds is 5. The molecule has 16 heavy (non-hydrogen) atoms. The molecule has 0 heterocycles. The van der Waals surface area contributed by atoms with Crippen LogP contribution in [-0.4, -0.2) is 22.5 Å². The molecule has 1 aromatic carbocycles. The number of nitrogens with zero attached hydrogens (tertiary/aromatic N) is 1. The second-order valence-corrected chi connectivity index (χ2v) is 3.35. The molecule has 0 fully saturated rings. The fourth-order valence-electron chi connectivity index (χ4n) is 1.27. The highest BCUT2D eigenvalue weighted by Crippen LogP contribution is 2.18. The van der Waals surface area contributed by atoms with Gasteiger partial charge in [0.05, 0.1) is 11.5 Å². The Morgan fingerprint density at radius 2 is 2.31 bits per heavy atom. The van der Waals surface area contributed by atoms with Crippen molar-refractivity contribution in [2.45, 2.75) is 13.0 Å². The van der Waals surface area contributed by atoms with Gasteiger partial charge in [0.25, 0.3) is 5.69 Å². The number of nitrogens with one attached hydrogen (secondary N) is 1. The van der Waals surface area contributed by atoms with E-state index < -0.39 is 10.9 Å². The topological polar surface area (TPSA) is 92.5 Å². The van der Waals surface area contributed by atoms with Crippen LogP contribution in [0.1, 0.15) is 18.5 Å². The van der Waals surface area contributed by atoms with E-state index in [2.05, 4.69) is 5.32 Å². The summed E-state index contributed by atoms with van der Waals surface area (Å²) in [4.78, 5) is 20.4. The molecule has 0 aliphatic carbocycles. The normalized spacial score (nSPS) is 12.1. The quantitative estimate of drug-likeness (QED) is 0.581. The summed E-state index contributed by atoms with van der Waals surface area (Å²) >= 11 is 0. The van der Waals surface area contributed by atoms with Gasteiger partial charge >= 0.3 is 5.97 Å². The Bertz CT molecular complexity index is 406. The van der Waals surface area contributed by atoms with Gasteiger partial charge in [0.15, 0.2) is 0 Å². The number of nitro benzene ring substituents is 1. The van der Waals surface area contributed by atoms with Gasteiger partial charge < -0.3 is 10.4 Å². The Morgan fingerprint density at radius 3 is 2.88 bits per heavy atom. The van der Waals surface area contributed by atoms with Crippen molar-refractivity contribution in [3.05, 3.63) is 39.9 Å². The van der Waals surface area contributed by atoms with Crippen LogP contribution in [0.15, 0.2) is 24.3 Å². The Hall–Kier alpha value is -1.95. The molecule has 0 saturated heterocycles. The van der Waals surface area contributed by atoms with E-state index in [1.54, 1.807) is 19.1 Å². The van der Waals surface area contributed by atoms with Gasteiger partial charge in [-0.05, 0) is 12.5 Å². The van der Waals surface area contributed by atoms with Gasteiger partial charge in [-0.25, -0.2) is 0 Å². The summed E-state index contributed by atoms with van der Waals surface area (Å²) in [6.45, 7) is 1.58. The number of carbonyl (C=O) groups is 1. The van der Waals surface area contributed by atoms with Crippen LogP contribution in [0.3, 0.4) is 0 Å². The summed E-state index contributed by atoms with van der Waals surface area (Å²) in [6.07, 6.45) is 0. The third-order valence-electron chi connectivity index (χ3n) is 2.14. The highest BCUT2D eigenvalue weighted by molar-refractivity contribution is 5.69. The average Bonchev–Trinajstić information content (AvgIpc) is 2.26. The molecule has 6 heteroatoms. The number of hydrogen-bond donors (Lipinski definition) is 2. The van der Waals surface area contributed by atoms with Crippen molar-refractivity contribution < 1.29 is 14.8 Å². The maximum atomic E-state index is 10.5. The first kappa shape index (κ1) is 12.1. The van der Waals surface area contributed by atoms with E-state index in [4.69, 9.17) is 5.11 Å². The molecular weight excluding hydrogens is 212 g/mol. The zero-order chi connectivity index (χ0) is 12.1. The van der Waals surface area contributed by atoms with Crippen molar-refractivity contribution in [1.82, 2.24) is 5.32 Å². The summed E-state index contributed by atoms with van der Waals surface area (Å²) < 4.78 is 0. The standard InChI is InChI=1S/C10H12N2O4/c1-7(11-6-10(13)14)8-3-2-4-9(5-8)12(15)16/h2-5,7,11H,6H2,1H3,(H,13,14). The van der Waals surface area contributed by atoms with E-state index in [-0.39, 0.29) is 18.3 Å². The number of non-ortho nitro benzene ring substituents is 1. The minimum atomic E-state index is -0.961. The van der Waals surface area contributed by atoms with Gasteiger partial charge in [0, 0.05) is 18.2 Å². The number of benzene rings is 1. The van der Waals surface area contributed by atoms with Gasteiger partial charge in [-0.15, -0.1) is 0 Å². The first-order valence-electron chi connectivity index (χ1n) is 4.70. The molecule has 0 spiro atoms. The Morgan fingerprint density at radius 1 is 1.62 bits per heavy atom. The van der Waals surface area contributed by atoms with Gasteiger partial charge in [0.2, 0.25) is 0 Å². The zero-order valence-electron chi connectivity index (χ0n) is 8.71. The van der Waals surface area contributed by atoms with Crippen LogP contribution in [0.5, 0.6) is 0 Å². The van der Waals surface area contributed by atoms with E-state index in [1.165, 1.54) is 12.1 Å². The third kappa shape index (κ3) is 3.32. The predicted octanol–water partition coefficient (Wildman–Crippen LogP) is 1.33. The minimum Gasteiger partial charge on any atom is -0.480 e. The number of carboxylic acid groups (broad SMARTS) is 1. The molecule has 1 rings (SSSR count). The van der Waals surface area contributed by atoms with Gasteiger partial charge in [-0.3, -0.25) is 14.9 Å². The SMILES string of the molecule is CC(NCC(=O)O)c1cccc([N+](=O)[O-])c1. The summed E-state index contributed by atoms with van der Waals surface area (Å²) in [7, 11) is 0. The van der Waals surface area contributed by atoms with Crippen molar-refractivity contribution in [2.75, 3.05) is 6.54 Å². The lowest BCUT2D eigenvalue weighted by molar-refractivity contribution is -0.384. The largest absolute Gasteiger partial charge is 0.480 e. The highest BCUT2D eigenvalue weighted by atomic mass is 16.6. The first-order valence-corrected chi connectivity index (χ1v) is 4.70. The number of aliphatic carboxylic acids is 1. The lowest BCUT2D eigenvalue weighted by atomic mass is 10.1. The lowest BCUT2D eigenvalue weighted by Crippen LogP contribution is -2.25. The van der Waals surface area contributed by atoms with Crippen LogP contribution < -0.4 is 5.32 Å². The summed E-state index contributed by atoms with van der Waals surface area (Å²) in [6, 6.07) is 5.88. The van der Waals surface area contributed by atoms with E-state index >= 15 is 0 Å². The Balaban J connectivity index is 2.75. The molecule has 1 unspecified atom stereocenters. The minimum absolute atomic E-state index is 0.00137. The van der Waals surface area contributed by atoms with E-state index in [0.29, 0.717) is 5.56 Å².